The second-order valence-electron chi connectivity index (χ2n) is 4.41. The summed E-state index contributed by atoms with van der Waals surface area (Å²) in [6.07, 6.45) is 2.30. The molecule has 1 aromatic rings. The predicted octanol–water partition coefficient (Wildman–Crippen LogP) is 2.43. The highest BCUT2D eigenvalue weighted by molar-refractivity contribution is 6.14. The van der Waals surface area contributed by atoms with Crippen molar-refractivity contribution in [2.75, 3.05) is 6.61 Å². The first-order chi connectivity index (χ1) is 9.59. The van der Waals surface area contributed by atoms with Crippen LogP contribution in [0.2, 0.25) is 0 Å². The highest BCUT2D eigenvalue weighted by Gasteiger charge is 2.23. The molecule has 20 heavy (non-hydrogen) atoms. The highest BCUT2D eigenvalue weighted by Crippen LogP contribution is 2.21. The molecule has 0 saturated carbocycles. The van der Waals surface area contributed by atoms with E-state index >= 15 is 0 Å². The number of rotatable bonds is 5. The van der Waals surface area contributed by atoms with Crippen molar-refractivity contribution in [3.8, 4) is 0 Å². The molecule has 1 aromatic carbocycles. The molecule has 0 spiro atoms. The molecule has 0 aliphatic carbocycles. The van der Waals surface area contributed by atoms with E-state index in [-0.39, 0.29) is 23.5 Å². The zero-order valence-corrected chi connectivity index (χ0v) is 10.7. The molecule has 0 amide bonds. The van der Waals surface area contributed by atoms with Crippen LogP contribution >= 0.6 is 0 Å². The topological polar surface area (TPSA) is 86.5 Å². The van der Waals surface area contributed by atoms with Crippen LogP contribution in [0.5, 0.6) is 0 Å². The standard InChI is InChI=1S/C14H13NO5/c16-13(10-4-3-7-20-9-10)8-14(17)11-5-1-2-6-12(11)15(18)19/h1-2,5-6,9H,3-4,7-8H2. The Morgan fingerprint density at radius 1 is 1.25 bits per heavy atom. The Balaban J connectivity index is 2.14. The van der Waals surface area contributed by atoms with Gasteiger partial charge in [-0.1, -0.05) is 12.1 Å². The fraction of sp³-hybridized carbons (Fsp3) is 0.286. The molecule has 0 bridgehead atoms. The SMILES string of the molecule is O=C(CC(=O)c1ccccc1[N+](=O)[O-])C1=COCCC1. The second-order valence-corrected chi connectivity index (χ2v) is 4.41. The summed E-state index contributed by atoms with van der Waals surface area (Å²) in [5.74, 6) is -0.887. The molecule has 0 atom stereocenters. The lowest BCUT2D eigenvalue weighted by atomic mass is 9.98. The van der Waals surface area contributed by atoms with Gasteiger partial charge in [0.05, 0.1) is 29.8 Å². The molecule has 0 fully saturated rings. The number of para-hydroxylation sites is 1. The second kappa shape index (κ2) is 6.10. The number of hydrogen-bond donors (Lipinski definition) is 0. The van der Waals surface area contributed by atoms with Crippen LogP contribution < -0.4 is 0 Å². The average Bonchev–Trinajstić information content (AvgIpc) is 2.48. The van der Waals surface area contributed by atoms with Crippen LogP contribution in [0.25, 0.3) is 0 Å². The maximum Gasteiger partial charge on any atom is 0.280 e. The molecule has 1 heterocycles. The van der Waals surface area contributed by atoms with E-state index in [1.165, 1.54) is 30.5 Å². The van der Waals surface area contributed by atoms with Crippen molar-refractivity contribution < 1.29 is 19.2 Å². The van der Waals surface area contributed by atoms with E-state index in [0.717, 1.165) is 6.42 Å². The zero-order chi connectivity index (χ0) is 14.5. The minimum atomic E-state index is -0.624. The van der Waals surface area contributed by atoms with Crippen LogP contribution in [-0.4, -0.2) is 23.1 Å². The Morgan fingerprint density at radius 2 is 2.00 bits per heavy atom. The molecule has 0 radical (unpaired) electrons. The van der Waals surface area contributed by atoms with Crippen molar-refractivity contribution >= 4 is 17.3 Å². The van der Waals surface area contributed by atoms with Crippen LogP contribution in [-0.2, 0) is 9.53 Å². The minimum absolute atomic E-state index is 0.0387. The van der Waals surface area contributed by atoms with Gasteiger partial charge in [-0.3, -0.25) is 19.7 Å². The molecular weight excluding hydrogens is 262 g/mol. The first-order valence-electron chi connectivity index (χ1n) is 6.20. The first-order valence-corrected chi connectivity index (χ1v) is 6.20. The molecule has 6 heteroatoms. The van der Waals surface area contributed by atoms with E-state index in [4.69, 9.17) is 4.74 Å². The van der Waals surface area contributed by atoms with Crippen molar-refractivity contribution in [1.29, 1.82) is 0 Å². The molecule has 2 rings (SSSR count). The summed E-state index contributed by atoms with van der Waals surface area (Å²) in [6, 6.07) is 5.63. The van der Waals surface area contributed by atoms with E-state index < -0.39 is 10.7 Å². The summed E-state index contributed by atoms with van der Waals surface area (Å²) in [7, 11) is 0. The van der Waals surface area contributed by atoms with Crippen molar-refractivity contribution in [2.45, 2.75) is 19.3 Å². The number of carbonyl (C=O) groups is 2. The van der Waals surface area contributed by atoms with Gasteiger partial charge in [0.2, 0.25) is 0 Å². The predicted molar refractivity (Wildman–Crippen MR) is 70.3 cm³/mol. The number of nitrogens with zero attached hydrogens (tertiary/aromatic N) is 1. The molecule has 104 valence electrons. The molecule has 1 aliphatic heterocycles. The molecule has 0 unspecified atom stereocenters. The number of Topliss-reactive ketones (excluding diaryl/α,β-unsaturated/α-hetero) is 2. The molecular formula is C14H13NO5. The Morgan fingerprint density at radius 3 is 2.65 bits per heavy atom. The third-order valence-electron chi connectivity index (χ3n) is 3.01. The highest BCUT2D eigenvalue weighted by atomic mass is 16.6. The average molecular weight is 275 g/mol. The number of hydrogen-bond acceptors (Lipinski definition) is 5. The molecule has 1 aliphatic rings. The Bertz CT molecular complexity index is 591. The fourth-order valence-electron chi connectivity index (χ4n) is 1.99. The molecule has 0 aromatic heterocycles. The lowest BCUT2D eigenvalue weighted by Gasteiger charge is -2.12. The van der Waals surface area contributed by atoms with Gasteiger partial charge in [0.1, 0.15) is 0 Å². The number of nitro groups is 1. The monoisotopic (exact) mass is 275 g/mol. The van der Waals surface area contributed by atoms with Crippen molar-refractivity contribution in [1.82, 2.24) is 0 Å². The summed E-state index contributed by atoms with van der Waals surface area (Å²) >= 11 is 0. The third kappa shape index (κ3) is 3.09. The van der Waals surface area contributed by atoms with Gasteiger partial charge in [0.25, 0.3) is 5.69 Å². The summed E-state index contributed by atoms with van der Waals surface area (Å²) in [4.78, 5) is 34.2. The number of allylic oxidation sites excluding steroid dienone is 1. The van der Waals surface area contributed by atoms with Crippen molar-refractivity contribution in [2.24, 2.45) is 0 Å². The van der Waals surface area contributed by atoms with Crippen LogP contribution in [0, 0.1) is 10.1 Å². The third-order valence-corrected chi connectivity index (χ3v) is 3.01. The maximum atomic E-state index is 12.0. The number of carbonyl (C=O) groups excluding carboxylic acids is 2. The molecule has 0 saturated heterocycles. The van der Waals surface area contributed by atoms with Crippen molar-refractivity contribution in [3.63, 3.8) is 0 Å². The summed E-state index contributed by atoms with van der Waals surface area (Å²) < 4.78 is 5.05. The van der Waals surface area contributed by atoms with Crippen molar-refractivity contribution in [3.05, 3.63) is 51.8 Å². The lowest BCUT2D eigenvalue weighted by molar-refractivity contribution is -0.385. The van der Waals surface area contributed by atoms with E-state index in [0.29, 0.717) is 18.6 Å². The summed E-state index contributed by atoms with van der Waals surface area (Å²) in [5.41, 5.74) is 0.144. The number of ether oxygens (including phenoxy) is 1. The number of benzene rings is 1. The van der Waals surface area contributed by atoms with Gasteiger partial charge >= 0.3 is 0 Å². The van der Waals surface area contributed by atoms with Crippen LogP contribution in [0.15, 0.2) is 36.1 Å². The van der Waals surface area contributed by atoms with Crippen LogP contribution in [0.3, 0.4) is 0 Å². The quantitative estimate of drug-likeness (QED) is 0.356. The van der Waals surface area contributed by atoms with Crippen LogP contribution in [0.1, 0.15) is 29.6 Å². The first kappa shape index (κ1) is 13.9. The van der Waals surface area contributed by atoms with Gasteiger partial charge in [-0.15, -0.1) is 0 Å². The van der Waals surface area contributed by atoms with Crippen LogP contribution in [0.4, 0.5) is 5.69 Å². The Labute approximate surface area is 115 Å². The van der Waals surface area contributed by atoms with Gasteiger partial charge in [-0.25, -0.2) is 0 Å². The number of nitro benzene ring substituents is 1. The molecule has 6 nitrogen and oxygen atoms in total. The largest absolute Gasteiger partial charge is 0.501 e. The van der Waals surface area contributed by atoms with Gasteiger partial charge in [0.15, 0.2) is 11.6 Å². The van der Waals surface area contributed by atoms with E-state index in [1.807, 2.05) is 0 Å². The maximum absolute atomic E-state index is 12.0. The minimum Gasteiger partial charge on any atom is -0.501 e. The van der Waals surface area contributed by atoms with E-state index in [1.54, 1.807) is 0 Å². The molecule has 0 N–H and O–H groups in total. The smallest absolute Gasteiger partial charge is 0.280 e. The lowest BCUT2D eigenvalue weighted by Crippen LogP contribution is -2.14. The van der Waals surface area contributed by atoms with Gasteiger partial charge < -0.3 is 4.74 Å². The fourth-order valence-corrected chi connectivity index (χ4v) is 1.99. The van der Waals surface area contributed by atoms with E-state index in [9.17, 15) is 19.7 Å². The van der Waals surface area contributed by atoms with Gasteiger partial charge in [-0.2, -0.15) is 0 Å². The number of ketones is 2. The zero-order valence-electron chi connectivity index (χ0n) is 10.7. The summed E-state index contributed by atoms with van der Waals surface area (Å²) in [6.45, 7) is 0.564. The van der Waals surface area contributed by atoms with E-state index in [2.05, 4.69) is 0 Å². The normalized spacial score (nSPS) is 14.1. The van der Waals surface area contributed by atoms with Gasteiger partial charge in [0, 0.05) is 11.6 Å². The Kier molecular flexibility index (Phi) is 4.24. The summed E-state index contributed by atoms with van der Waals surface area (Å²) in [5, 5.41) is 10.9. The van der Waals surface area contributed by atoms with Gasteiger partial charge in [-0.05, 0) is 18.9 Å². The Hall–Kier alpha value is -2.50.